The number of amides is 1. The van der Waals surface area contributed by atoms with Crippen molar-refractivity contribution in [3.05, 3.63) is 103 Å². The van der Waals surface area contributed by atoms with Gasteiger partial charge in [-0.3, -0.25) is 9.59 Å². The number of hydrogen-bond acceptors (Lipinski definition) is 4. The molecule has 0 radical (unpaired) electrons. The summed E-state index contributed by atoms with van der Waals surface area (Å²) < 4.78 is 0. The van der Waals surface area contributed by atoms with Gasteiger partial charge in [0.25, 0.3) is 0 Å². The molecule has 1 heterocycles. The van der Waals surface area contributed by atoms with Gasteiger partial charge in [0.1, 0.15) is 0 Å². The van der Waals surface area contributed by atoms with Gasteiger partial charge in [0.05, 0.1) is 29.8 Å². The molecule has 0 aliphatic heterocycles. The molecular formula is C38H51N3O4. The van der Waals surface area contributed by atoms with Crippen molar-refractivity contribution in [3.63, 3.8) is 0 Å². The summed E-state index contributed by atoms with van der Waals surface area (Å²) in [5.41, 5.74) is 0.920. The van der Waals surface area contributed by atoms with Gasteiger partial charge in [-0.05, 0) is 54.6 Å². The van der Waals surface area contributed by atoms with Gasteiger partial charge in [-0.15, -0.1) is 6.58 Å². The van der Waals surface area contributed by atoms with E-state index in [1.807, 2.05) is 66.7 Å². The van der Waals surface area contributed by atoms with Gasteiger partial charge in [0.15, 0.2) is 0 Å². The molecule has 1 aliphatic rings. The Morgan fingerprint density at radius 2 is 1.62 bits per heavy atom. The highest BCUT2D eigenvalue weighted by atomic mass is 16.4. The number of aromatic nitrogens is 2. The minimum absolute atomic E-state index is 0.0980. The lowest BCUT2D eigenvalue weighted by Gasteiger charge is -2.39. The number of benzene rings is 2. The fourth-order valence-corrected chi connectivity index (χ4v) is 7.15. The van der Waals surface area contributed by atoms with E-state index in [4.69, 9.17) is 0 Å². The van der Waals surface area contributed by atoms with E-state index >= 15 is 0 Å². The van der Waals surface area contributed by atoms with Crippen molar-refractivity contribution in [2.45, 2.75) is 90.2 Å². The smallest absolute Gasteiger partial charge is 0.311 e. The highest BCUT2D eigenvalue weighted by molar-refractivity contribution is 5.88. The molecule has 4 N–H and O–H groups in total. The first-order valence-corrected chi connectivity index (χ1v) is 16.6. The summed E-state index contributed by atoms with van der Waals surface area (Å²) in [7, 11) is 0. The van der Waals surface area contributed by atoms with Crippen LogP contribution in [0.3, 0.4) is 0 Å². The number of H-pyrrole nitrogens is 1. The lowest BCUT2D eigenvalue weighted by Crippen LogP contribution is -2.54. The normalized spacial score (nSPS) is 16.9. The van der Waals surface area contributed by atoms with Gasteiger partial charge in [0, 0.05) is 18.3 Å². The van der Waals surface area contributed by atoms with E-state index in [0.717, 1.165) is 36.8 Å². The van der Waals surface area contributed by atoms with Crippen LogP contribution >= 0.6 is 0 Å². The predicted octanol–water partition coefficient (Wildman–Crippen LogP) is 6.79. The first-order valence-electron chi connectivity index (χ1n) is 16.6. The summed E-state index contributed by atoms with van der Waals surface area (Å²) in [5, 5.41) is 26.1. The molecule has 4 rings (SSSR count). The third-order valence-electron chi connectivity index (χ3n) is 9.89. The molecule has 1 fully saturated rings. The molecule has 0 saturated heterocycles. The zero-order valence-corrected chi connectivity index (χ0v) is 26.9. The molecule has 1 aromatic heterocycles. The molecule has 0 bridgehead atoms. The largest absolute Gasteiger partial charge is 0.481 e. The number of nitrogens with one attached hydrogen (secondary N) is 2. The Kier molecular flexibility index (Phi) is 12.6. The summed E-state index contributed by atoms with van der Waals surface area (Å²) in [6.45, 7) is 8.23. The summed E-state index contributed by atoms with van der Waals surface area (Å²) in [5.74, 6) is -1.51. The van der Waals surface area contributed by atoms with Crippen LogP contribution in [-0.4, -0.2) is 44.2 Å². The maximum atomic E-state index is 14.7. The minimum atomic E-state index is -1.47. The fraction of sp³-hybridized carbons (Fsp3) is 0.500. The van der Waals surface area contributed by atoms with E-state index in [1.165, 1.54) is 6.42 Å². The van der Waals surface area contributed by atoms with E-state index in [9.17, 15) is 19.8 Å². The fourth-order valence-electron chi connectivity index (χ4n) is 7.15. The van der Waals surface area contributed by atoms with Gasteiger partial charge in [-0.2, -0.15) is 0 Å². The summed E-state index contributed by atoms with van der Waals surface area (Å²) >= 11 is 0. The lowest BCUT2D eigenvalue weighted by molar-refractivity contribution is -0.157. The van der Waals surface area contributed by atoms with Gasteiger partial charge in [0.2, 0.25) is 5.91 Å². The molecule has 1 amide bonds. The van der Waals surface area contributed by atoms with Crippen molar-refractivity contribution >= 4 is 11.9 Å². The molecule has 242 valence electrons. The number of rotatable bonds is 17. The van der Waals surface area contributed by atoms with Crippen molar-refractivity contribution in [1.82, 2.24) is 15.3 Å². The number of imidazole rings is 1. The second-order valence-electron chi connectivity index (χ2n) is 13.4. The number of hydrogen-bond donors (Lipinski definition) is 4. The first-order chi connectivity index (χ1) is 21.7. The molecule has 7 nitrogen and oxygen atoms in total. The number of aliphatic hydroxyl groups excluding tert-OH is 1. The number of carboxylic acid groups (broad SMARTS) is 1. The number of carboxylic acids is 1. The van der Waals surface area contributed by atoms with E-state index in [0.29, 0.717) is 30.4 Å². The molecule has 2 aromatic carbocycles. The zero-order chi connectivity index (χ0) is 32.2. The van der Waals surface area contributed by atoms with Crippen LogP contribution < -0.4 is 5.32 Å². The quantitative estimate of drug-likeness (QED) is 0.125. The lowest BCUT2D eigenvalue weighted by atomic mass is 9.65. The summed E-state index contributed by atoms with van der Waals surface area (Å²) in [4.78, 5) is 35.6. The number of carbonyl (C=O) groups excluding carboxylic acids is 1. The second-order valence-corrected chi connectivity index (χ2v) is 13.4. The molecule has 0 unspecified atom stereocenters. The Hall–Kier alpha value is -3.71. The number of carbonyl (C=O) groups is 2. The number of nitrogens with zero attached hydrogens (tertiary/aromatic N) is 1. The van der Waals surface area contributed by atoms with E-state index in [-0.39, 0.29) is 31.1 Å². The molecule has 0 spiro atoms. The standard InChI is InChI=1S/C38H51N3O4/c1-4-31(27(2)3)21-35(42)34(20-28-14-8-5-9-15-28)41-36(43)33(22-32-25-39-26-40-32)38(37(44)45,23-29-16-10-6-11-17-29)24-30-18-12-7-13-19-30/h4,6-7,10-13,16-19,25-28,31,33-35,42H,1,5,8-9,14-15,20-24H2,2-3H3,(H,39,40)(H,41,43)(H,44,45)/t31-,33+,34-,35+/m0/s1. The summed E-state index contributed by atoms with van der Waals surface area (Å²) in [6, 6.07) is 18.6. The third-order valence-corrected chi connectivity index (χ3v) is 9.89. The third kappa shape index (κ3) is 9.40. The van der Waals surface area contributed by atoms with Crippen molar-refractivity contribution in [3.8, 4) is 0 Å². The number of aliphatic hydroxyl groups is 1. The maximum Gasteiger partial charge on any atom is 0.311 e. The topological polar surface area (TPSA) is 115 Å². The van der Waals surface area contributed by atoms with Crippen molar-refractivity contribution in [1.29, 1.82) is 0 Å². The van der Waals surface area contributed by atoms with Gasteiger partial charge < -0.3 is 20.5 Å². The average molecular weight is 614 g/mol. The predicted molar refractivity (Wildman–Crippen MR) is 178 cm³/mol. The van der Waals surface area contributed by atoms with Crippen molar-refractivity contribution < 1.29 is 19.8 Å². The van der Waals surface area contributed by atoms with Crippen LogP contribution in [0.4, 0.5) is 0 Å². The second kappa shape index (κ2) is 16.6. The van der Waals surface area contributed by atoms with E-state index in [1.54, 1.807) is 12.5 Å². The highest BCUT2D eigenvalue weighted by Gasteiger charge is 2.50. The van der Waals surface area contributed by atoms with Crippen LogP contribution in [0.5, 0.6) is 0 Å². The Labute approximate surface area is 268 Å². The van der Waals surface area contributed by atoms with Gasteiger partial charge in [-0.1, -0.05) is 113 Å². The van der Waals surface area contributed by atoms with Crippen LogP contribution in [0.1, 0.15) is 75.6 Å². The molecule has 4 atom stereocenters. The van der Waals surface area contributed by atoms with E-state index < -0.39 is 29.4 Å². The van der Waals surface area contributed by atoms with Gasteiger partial charge in [-0.25, -0.2) is 4.98 Å². The average Bonchev–Trinajstić information content (AvgIpc) is 3.56. The minimum Gasteiger partial charge on any atom is -0.481 e. The van der Waals surface area contributed by atoms with Crippen LogP contribution in [0.2, 0.25) is 0 Å². The first kappa shape index (κ1) is 34.2. The van der Waals surface area contributed by atoms with Crippen molar-refractivity contribution in [2.24, 2.45) is 29.1 Å². The molecule has 45 heavy (non-hydrogen) atoms. The Bertz CT molecular complexity index is 1280. The van der Waals surface area contributed by atoms with Crippen molar-refractivity contribution in [2.75, 3.05) is 0 Å². The number of allylic oxidation sites excluding steroid dienone is 1. The van der Waals surface area contributed by atoms with Crippen LogP contribution in [-0.2, 0) is 28.9 Å². The molecule has 3 aromatic rings. The van der Waals surface area contributed by atoms with Crippen LogP contribution in [0.15, 0.2) is 85.8 Å². The molecule has 7 heteroatoms. The summed E-state index contributed by atoms with van der Waals surface area (Å²) in [6.07, 6.45) is 11.7. The molecule has 1 saturated carbocycles. The molecular weight excluding hydrogens is 562 g/mol. The zero-order valence-electron chi connectivity index (χ0n) is 26.9. The Balaban J connectivity index is 1.75. The van der Waals surface area contributed by atoms with Crippen LogP contribution in [0.25, 0.3) is 0 Å². The maximum absolute atomic E-state index is 14.7. The molecule has 1 aliphatic carbocycles. The Morgan fingerprint density at radius 1 is 1.02 bits per heavy atom. The number of aliphatic carboxylic acids is 1. The SMILES string of the molecule is C=C[C@@H](C[C@@H](O)[C@H](CC1CCCCC1)NC(=O)[C@@H](Cc1cnc[nH]1)C(Cc1ccccc1)(Cc1ccccc1)C(=O)O)C(C)C. The van der Waals surface area contributed by atoms with Gasteiger partial charge >= 0.3 is 5.97 Å². The highest BCUT2D eigenvalue weighted by Crippen LogP contribution is 2.39. The van der Waals surface area contributed by atoms with Crippen LogP contribution in [0, 0.1) is 29.1 Å². The van der Waals surface area contributed by atoms with E-state index in [2.05, 4.69) is 35.7 Å². The Morgan fingerprint density at radius 3 is 2.11 bits per heavy atom. The number of aromatic amines is 1. The monoisotopic (exact) mass is 613 g/mol.